The van der Waals surface area contributed by atoms with Crippen LogP contribution in [0.25, 0.3) is 0 Å². The summed E-state index contributed by atoms with van der Waals surface area (Å²) in [7, 11) is 4.38. The van der Waals surface area contributed by atoms with Crippen molar-refractivity contribution in [2.45, 2.75) is 56.0 Å². The molecule has 1 aliphatic carbocycles. The topological polar surface area (TPSA) is 80.6 Å². The van der Waals surface area contributed by atoms with Gasteiger partial charge in [-0.2, -0.15) is 15.2 Å². The summed E-state index contributed by atoms with van der Waals surface area (Å²) in [4.78, 5) is 17.2. The Labute approximate surface area is 214 Å². The Hall–Kier alpha value is -2.89. The fraction of sp³-hybridized carbons (Fsp3) is 0.607. The quantitative estimate of drug-likeness (QED) is 0.689. The molecule has 0 saturated carbocycles. The number of ether oxygens (including phenoxy) is 1. The summed E-state index contributed by atoms with van der Waals surface area (Å²) in [6.07, 6.45) is 5.86. The molecular formula is C28H37N7O. The van der Waals surface area contributed by atoms with Crippen molar-refractivity contribution in [3.8, 4) is 12.1 Å². The van der Waals surface area contributed by atoms with Crippen LogP contribution in [-0.4, -0.2) is 80.4 Å². The van der Waals surface area contributed by atoms with Crippen LogP contribution in [0.15, 0.2) is 24.3 Å². The molecule has 1 aromatic heterocycles. The van der Waals surface area contributed by atoms with E-state index < -0.39 is 0 Å². The van der Waals surface area contributed by atoms with Crippen LogP contribution in [0.1, 0.15) is 42.5 Å². The molecule has 1 N–H and O–H groups in total. The highest BCUT2D eigenvalue weighted by molar-refractivity contribution is 5.64. The number of likely N-dealkylation sites (N-methyl/N-ethyl adjacent to an activating group) is 2. The fourth-order valence-corrected chi connectivity index (χ4v) is 6.87. The van der Waals surface area contributed by atoms with Crippen molar-refractivity contribution in [3.63, 3.8) is 0 Å². The summed E-state index contributed by atoms with van der Waals surface area (Å²) >= 11 is 0. The number of aromatic nitrogens is 2. The highest BCUT2D eigenvalue weighted by Crippen LogP contribution is 2.48. The minimum Gasteiger partial charge on any atom is -0.462 e. The Morgan fingerprint density at radius 2 is 2.11 bits per heavy atom. The molecule has 36 heavy (non-hydrogen) atoms. The van der Waals surface area contributed by atoms with Crippen LogP contribution < -0.4 is 19.9 Å². The van der Waals surface area contributed by atoms with Crippen molar-refractivity contribution in [3.05, 3.63) is 41.1 Å². The zero-order valence-corrected chi connectivity index (χ0v) is 21.5. The van der Waals surface area contributed by atoms with E-state index in [4.69, 9.17) is 14.7 Å². The van der Waals surface area contributed by atoms with E-state index >= 15 is 0 Å². The van der Waals surface area contributed by atoms with E-state index in [0.717, 1.165) is 69.9 Å². The lowest BCUT2D eigenvalue weighted by Crippen LogP contribution is -2.51. The van der Waals surface area contributed by atoms with Crippen LogP contribution in [0.5, 0.6) is 6.01 Å². The van der Waals surface area contributed by atoms with E-state index in [1.54, 1.807) is 0 Å². The number of para-hydroxylation sites is 1. The number of likely N-dealkylation sites (tertiary alicyclic amines) is 1. The Kier molecular flexibility index (Phi) is 6.22. The van der Waals surface area contributed by atoms with Crippen LogP contribution in [-0.2, 0) is 18.3 Å². The zero-order valence-electron chi connectivity index (χ0n) is 21.5. The Bertz CT molecular complexity index is 1160. The number of nitriles is 1. The van der Waals surface area contributed by atoms with Crippen LogP contribution >= 0.6 is 0 Å². The number of rotatable bonds is 5. The molecule has 1 spiro atoms. The third-order valence-corrected chi connectivity index (χ3v) is 8.81. The van der Waals surface area contributed by atoms with Crippen molar-refractivity contribution in [1.29, 1.82) is 5.26 Å². The van der Waals surface area contributed by atoms with Gasteiger partial charge in [0.2, 0.25) is 0 Å². The molecule has 2 saturated heterocycles. The van der Waals surface area contributed by atoms with E-state index in [9.17, 15) is 5.26 Å². The van der Waals surface area contributed by atoms with Gasteiger partial charge >= 0.3 is 6.01 Å². The minimum absolute atomic E-state index is 0.0830. The fourth-order valence-electron chi connectivity index (χ4n) is 6.87. The molecule has 3 aliphatic heterocycles. The molecule has 1 unspecified atom stereocenters. The molecule has 0 radical (unpaired) electrons. The van der Waals surface area contributed by atoms with Gasteiger partial charge in [-0.15, -0.1) is 0 Å². The van der Waals surface area contributed by atoms with Crippen LogP contribution in [0.4, 0.5) is 11.5 Å². The highest BCUT2D eigenvalue weighted by atomic mass is 16.5. The first-order valence-electron chi connectivity index (χ1n) is 13.4. The molecular weight excluding hydrogens is 450 g/mol. The van der Waals surface area contributed by atoms with Gasteiger partial charge < -0.3 is 24.8 Å². The first-order chi connectivity index (χ1) is 17.6. The molecule has 2 aromatic rings. The predicted octanol–water partition coefficient (Wildman–Crippen LogP) is 2.52. The van der Waals surface area contributed by atoms with E-state index in [1.165, 1.54) is 23.2 Å². The van der Waals surface area contributed by atoms with E-state index in [1.807, 2.05) is 0 Å². The summed E-state index contributed by atoms with van der Waals surface area (Å²) in [5.41, 5.74) is 5.29. The second-order valence-electron chi connectivity index (χ2n) is 11.1. The van der Waals surface area contributed by atoms with E-state index in [-0.39, 0.29) is 11.5 Å². The molecule has 8 nitrogen and oxygen atoms in total. The van der Waals surface area contributed by atoms with Crippen molar-refractivity contribution >= 4 is 11.5 Å². The highest BCUT2D eigenvalue weighted by Gasteiger charge is 2.45. The standard InChI is InChI=1S/C28H37N7O/c1-33-14-5-6-21(33)18-36-27-31-24-16-28(19-34(2)25-8-4-3-7-23(25)28)11-9-22(24)26(32-27)35-15-13-30-20(17-35)10-12-29/h3-4,7-8,20-21,30H,5-6,9-11,13-19H2,1-2H3/t20-,21-,28?/m0/s1. The van der Waals surface area contributed by atoms with Crippen LogP contribution in [0.2, 0.25) is 0 Å². The maximum atomic E-state index is 9.26. The molecule has 8 heteroatoms. The van der Waals surface area contributed by atoms with Gasteiger partial charge in [0.1, 0.15) is 12.4 Å². The number of piperazine rings is 1. The van der Waals surface area contributed by atoms with Gasteiger partial charge in [0.25, 0.3) is 0 Å². The lowest BCUT2D eigenvalue weighted by Gasteiger charge is -2.39. The summed E-state index contributed by atoms with van der Waals surface area (Å²) in [5.74, 6) is 1.02. The monoisotopic (exact) mass is 487 g/mol. The van der Waals surface area contributed by atoms with Gasteiger partial charge in [-0.1, -0.05) is 18.2 Å². The lowest BCUT2D eigenvalue weighted by atomic mass is 9.70. The molecule has 190 valence electrons. The van der Waals surface area contributed by atoms with Gasteiger partial charge in [-0.3, -0.25) is 0 Å². The molecule has 0 amide bonds. The maximum Gasteiger partial charge on any atom is 0.318 e. The van der Waals surface area contributed by atoms with Crippen LogP contribution in [0, 0.1) is 11.3 Å². The first-order valence-corrected chi connectivity index (χ1v) is 13.4. The number of benzene rings is 1. The minimum atomic E-state index is 0.0830. The second-order valence-corrected chi connectivity index (χ2v) is 11.1. The van der Waals surface area contributed by atoms with Crippen molar-refractivity contribution in [2.24, 2.45) is 0 Å². The molecule has 1 aromatic carbocycles. The average Bonchev–Trinajstić information content (AvgIpc) is 3.42. The SMILES string of the molecule is CN1CC2(CCc3c(nc(OC[C@@H]4CCCN4C)nc3N3CCN[C@@H](CC#N)C3)C2)c2ccccc21. The molecule has 3 atom stereocenters. The first kappa shape index (κ1) is 23.5. The number of nitrogens with one attached hydrogen (secondary N) is 1. The predicted molar refractivity (Wildman–Crippen MR) is 141 cm³/mol. The van der Waals surface area contributed by atoms with Gasteiger partial charge in [-0.25, -0.2) is 0 Å². The van der Waals surface area contributed by atoms with Gasteiger partial charge in [0.05, 0.1) is 18.2 Å². The van der Waals surface area contributed by atoms with Crippen LogP contribution in [0.3, 0.4) is 0 Å². The normalized spacial score (nSPS) is 27.7. The molecule has 2 fully saturated rings. The molecule has 4 heterocycles. The van der Waals surface area contributed by atoms with E-state index in [0.29, 0.717) is 25.1 Å². The largest absolute Gasteiger partial charge is 0.462 e. The molecule has 4 aliphatic rings. The Morgan fingerprint density at radius 1 is 1.22 bits per heavy atom. The number of fused-ring (bicyclic) bond motifs is 3. The Balaban J connectivity index is 1.34. The number of hydrogen-bond donors (Lipinski definition) is 1. The number of hydrogen-bond acceptors (Lipinski definition) is 8. The smallest absolute Gasteiger partial charge is 0.318 e. The van der Waals surface area contributed by atoms with Crippen molar-refractivity contribution < 1.29 is 4.74 Å². The van der Waals surface area contributed by atoms with Crippen molar-refractivity contribution in [1.82, 2.24) is 20.2 Å². The zero-order chi connectivity index (χ0) is 24.7. The number of nitrogens with zero attached hydrogens (tertiary/aromatic N) is 6. The summed E-state index contributed by atoms with van der Waals surface area (Å²) in [6, 6.07) is 12.3. The van der Waals surface area contributed by atoms with Gasteiger partial charge in [0.15, 0.2) is 0 Å². The number of anilines is 2. The lowest BCUT2D eigenvalue weighted by molar-refractivity contribution is 0.187. The van der Waals surface area contributed by atoms with Crippen molar-refractivity contribution in [2.75, 3.05) is 63.2 Å². The molecule has 0 bridgehead atoms. The van der Waals surface area contributed by atoms with Gasteiger partial charge in [-0.05, 0) is 50.9 Å². The third-order valence-electron chi connectivity index (χ3n) is 8.81. The Morgan fingerprint density at radius 3 is 2.94 bits per heavy atom. The van der Waals surface area contributed by atoms with Gasteiger partial charge in [0, 0.05) is 68.4 Å². The second kappa shape index (κ2) is 9.53. The summed E-state index contributed by atoms with van der Waals surface area (Å²) < 4.78 is 6.30. The molecule has 6 rings (SSSR count). The maximum absolute atomic E-state index is 9.26. The third kappa shape index (κ3) is 4.18. The summed E-state index contributed by atoms with van der Waals surface area (Å²) in [5, 5.41) is 12.8. The van der Waals surface area contributed by atoms with E-state index in [2.05, 4.69) is 64.4 Å². The average molecular weight is 488 g/mol. The summed E-state index contributed by atoms with van der Waals surface area (Å²) in [6.45, 7) is 5.30.